The topological polar surface area (TPSA) is 0 Å². The normalized spacial score (nSPS) is 17.3. The number of allylic oxidation sites excluding steroid dienone is 5. The van der Waals surface area contributed by atoms with Gasteiger partial charge in [-0.25, -0.2) is 0 Å². The molecular formula is C16H17Cl2Hf-. The van der Waals surface area contributed by atoms with Gasteiger partial charge in [-0.05, 0) is 12.3 Å². The average Bonchev–Trinajstić information content (AvgIpc) is 2.67. The number of fused-ring (bicyclic) bond motifs is 3. The van der Waals surface area contributed by atoms with Crippen LogP contribution in [0.5, 0.6) is 0 Å². The molecule has 0 N–H and O–H groups in total. The molecule has 3 heteroatoms. The van der Waals surface area contributed by atoms with Gasteiger partial charge in [0.15, 0.2) is 0 Å². The fourth-order valence-electron chi connectivity index (χ4n) is 2.52. The maximum Gasteiger partial charge on any atom is 0 e. The fraction of sp³-hybridized carbons (Fsp3) is 0.250. The summed E-state index contributed by atoms with van der Waals surface area (Å²) in [4.78, 5) is 0. The molecule has 0 heterocycles. The van der Waals surface area contributed by atoms with Crippen LogP contribution >= 0.6 is 24.8 Å². The molecule has 0 nitrogen and oxygen atoms in total. The van der Waals surface area contributed by atoms with Crippen LogP contribution in [-0.4, -0.2) is 0 Å². The van der Waals surface area contributed by atoms with Gasteiger partial charge in [0.25, 0.3) is 0 Å². The van der Waals surface area contributed by atoms with Crippen molar-refractivity contribution in [3.05, 3.63) is 64.8 Å². The molecule has 0 aromatic heterocycles. The van der Waals surface area contributed by atoms with Gasteiger partial charge in [0, 0.05) is 25.8 Å². The Morgan fingerprint density at radius 2 is 1.95 bits per heavy atom. The second-order valence-electron chi connectivity index (χ2n) is 4.47. The van der Waals surface area contributed by atoms with Crippen LogP contribution in [0.2, 0.25) is 0 Å². The van der Waals surface area contributed by atoms with Crippen molar-refractivity contribution in [1.29, 1.82) is 0 Å². The summed E-state index contributed by atoms with van der Waals surface area (Å²) in [5.74, 6) is 0.479. The number of hydrogen-bond acceptors (Lipinski definition) is 0. The average molecular weight is 459 g/mol. The number of halogens is 2. The van der Waals surface area contributed by atoms with Crippen molar-refractivity contribution < 1.29 is 25.8 Å². The molecule has 1 aromatic carbocycles. The van der Waals surface area contributed by atoms with Crippen LogP contribution in [0.4, 0.5) is 0 Å². The summed E-state index contributed by atoms with van der Waals surface area (Å²) in [6.45, 7) is 2.21. The van der Waals surface area contributed by atoms with Crippen molar-refractivity contribution in [2.24, 2.45) is 0 Å². The predicted molar refractivity (Wildman–Crippen MR) is 82.8 cm³/mol. The third kappa shape index (κ3) is 3.71. The predicted octanol–water partition coefficient (Wildman–Crippen LogP) is 4.89. The van der Waals surface area contributed by atoms with E-state index in [9.17, 15) is 0 Å². The molecule has 0 amide bonds. The van der Waals surface area contributed by atoms with E-state index in [2.05, 4.69) is 55.5 Å². The Hall–Kier alpha value is -0.110. The maximum atomic E-state index is 3.54. The third-order valence-electron chi connectivity index (χ3n) is 3.30. The van der Waals surface area contributed by atoms with Gasteiger partial charge in [0.05, 0.1) is 0 Å². The van der Waals surface area contributed by atoms with Gasteiger partial charge >= 0.3 is 0 Å². The Bertz CT molecular complexity index is 515. The zero-order chi connectivity index (χ0) is 11.0. The zero-order valence-corrected chi connectivity index (χ0v) is 16.1. The number of rotatable bonds is 2. The fourth-order valence-corrected chi connectivity index (χ4v) is 2.52. The summed E-state index contributed by atoms with van der Waals surface area (Å²) in [5, 5.41) is 0. The standard InChI is InChI=1S/C16H15.2ClH.Hf/c1-2-5-12-8-9-16-14(10-12)11-13-6-3-4-7-15(13)16;;;/h3-4,6-9,11,15H,2,5H2,1H3;2*1H;/q-1;;;. The first-order chi connectivity index (χ1) is 7.88. The Morgan fingerprint density at radius 3 is 2.68 bits per heavy atom. The molecule has 1 aromatic rings. The molecular weight excluding hydrogens is 442 g/mol. The Balaban J connectivity index is 0.00000108. The Kier molecular flexibility index (Phi) is 8.19. The smallest absolute Gasteiger partial charge is 0 e. The molecule has 0 fully saturated rings. The number of benzene rings is 1. The minimum atomic E-state index is 0. The van der Waals surface area contributed by atoms with Gasteiger partial charge in [-0.1, -0.05) is 43.2 Å². The van der Waals surface area contributed by atoms with Crippen LogP contribution in [0.1, 0.15) is 36.0 Å². The van der Waals surface area contributed by atoms with E-state index in [1.54, 1.807) is 0 Å². The minimum absolute atomic E-state index is 0. The molecule has 0 saturated carbocycles. The van der Waals surface area contributed by atoms with E-state index in [-0.39, 0.29) is 50.7 Å². The summed E-state index contributed by atoms with van der Waals surface area (Å²) >= 11 is 0. The monoisotopic (exact) mass is 459 g/mol. The van der Waals surface area contributed by atoms with E-state index in [0.717, 1.165) is 6.42 Å². The van der Waals surface area contributed by atoms with Crippen molar-refractivity contribution in [2.45, 2.75) is 25.7 Å². The van der Waals surface area contributed by atoms with E-state index in [0.29, 0.717) is 5.92 Å². The molecule has 1 unspecified atom stereocenters. The van der Waals surface area contributed by atoms with Gasteiger partial charge < -0.3 is 0 Å². The molecule has 3 rings (SSSR count). The quantitative estimate of drug-likeness (QED) is 0.437. The SMILES string of the molecule is CCCc1[c-]c2c(cc1)C1C=CC=CC1=C2.Cl.Cl.[Hf]. The van der Waals surface area contributed by atoms with Gasteiger partial charge in [-0.3, -0.25) is 0 Å². The molecule has 2 aliphatic carbocycles. The van der Waals surface area contributed by atoms with E-state index >= 15 is 0 Å². The molecule has 100 valence electrons. The molecule has 0 aliphatic heterocycles. The second-order valence-corrected chi connectivity index (χ2v) is 4.47. The molecule has 1 atom stereocenters. The first kappa shape index (κ1) is 18.9. The summed E-state index contributed by atoms with van der Waals surface area (Å²) in [5.41, 5.74) is 5.45. The van der Waals surface area contributed by atoms with Crippen LogP contribution < -0.4 is 0 Å². The summed E-state index contributed by atoms with van der Waals surface area (Å²) < 4.78 is 0. The van der Waals surface area contributed by atoms with Gasteiger partial charge in [-0.15, -0.1) is 65.8 Å². The van der Waals surface area contributed by atoms with E-state index in [4.69, 9.17) is 0 Å². The molecule has 0 bridgehead atoms. The molecule has 2 aliphatic rings. The van der Waals surface area contributed by atoms with Gasteiger partial charge in [0.1, 0.15) is 0 Å². The van der Waals surface area contributed by atoms with Crippen LogP contribution in [0.15, 0.2) is 42.0 Å². The van der Waals surface area contributed by atoms with Crippen molar-refractivity contribution in [2.75, 3.05) is 0 Å². The molecule has 0 saturated heterocycles. The zero-order valence-electron chi connectivity index (χ0n) is 10.8. The first-order valence-electron chi connectivity index (χ1n) is 6.00. The second kappa shape index (κ2) is 8.24. The van der Waals surface area contributed by atoms with E-state index in [1.165, 1.54) is 28.7 Å². The van der Waals surface area contributed by atoms with Crippen molar-refractivity contribution in [1.82, 2.24) is 0 Å². The molecule has 0 spiro atoms. The van der Waals surface area contributed by atoms with Crippen molar-refractivity contribution >= 4 is 30.9 Å². The minimum Gasteiger partial charge on any atom is -0.147 e. The first-order valence-corrected chi connectivity index (χ1v) is 6.00. The Morgan fingerprint density at radius 1 is 1.16 bits per heavy atom. The van der Waals surface area contributed by atoms with Crippen LogP contribution in [0.25, 0.3) is 6.08 Å². The third-order valence-corrected chi connectivity index (χ3v) is 3.30. The number of aryl methyl sites for hydroxylation is 1. The van der Waals surface area contributed by atoms with Crippen molar-refractivity contribution in [3.8, 4) is 0 Å². The van der Waals surface area contributed by atoms with E-state index < -0.39 is 0 Å². The van der Waals surface area contributed by atoms with Crippen LogP contribution in [0, 0.1) is 6.07 Å². The Labute approximate surface area is 146 Å². The van der Waals surface area contributed by atoms with Gasteiger partial charge in [-0.2, -0.15) is 0 Å². The maximum absolute atomic E-state index is 3.54. The summed E-state index contributed by atoms with van der Waals surface area (Å²) in [6, 6.07) is 8.04. The van der Waals surface area contributed by atoms with Crippen LogP contribution in [0.3, 0.4) is 0 Å². The summed E-state index contributed by atoms with van der Waals surface area (Å²) in [7, 11) is 0. The van der Waals surface area contributed by atoms with Crippen LogP contribution in [-0.2, 0) is 32.3 Å². The summed E-state index contributed by atoms with van der Waals surface area (Å²) in [6.07, 6.45) is 13.3. The molecule has 0 radical (unpaired) electrons. The van der Waals surface area contributed by atoms with Gasteiger partial charge in [0.2, 0.25) is 0 Å². The largest absolute Gasteiger partial charge is 0.147 e. The van der Waals surface area contributed by atoms with Crippen molar-refractivity contribution in [3.63, 3.8) is 0 Å². The number of hydrogen-bond donors (Lipinski definition) is 0. The van der Waals surface area contributed by atoms with E-state index in [1.807, 2.05) is 0 Å². The molecule has 19 heavy (non-hydrogen) atoms.